The number of halogens is 9. The predicted octanol–water partition coefficient (Wildman–Crippen LogP) is 4.07. The number of carbonyl (C=O) groups excluding carboxylic acids is 2. The lowest BCUT2D eigenvalue weighted by Crippen LogP contribution is -2.63. The minimum Gasteiger partial charge on any atom is -0.300 e. The Kier molecular flexibility index (Phi) is 7.33. The van der Waals surface area contributed by atoms with Gasteiger partial charge in [-0.15, -0.1) is 10.3 Å². The first kappa shape index (κ1) is 27.0. The zero-order valence-corrected chi connectivity index (χ0v) is 17.0. The van der Waals surface area contributed by atoms with Crippen molar-refractivity contribution in [1.29, 1.82) is 0 Å². The third-order valence-electron chi connectivity index (χ3n) is 4.22. The van der Waals surface area contributed by atoms with Crippen LogP contribution in [0.15, 0.2) is 0 Å². The molecule has 0 aliphatic carbocycles. The average molecular weight is 500 g/mol. The molecule has 0 radical (unpaired) electrons. The number of Topliss-reactive ketones (excluding diaryl/α,β-unsaturated/α-hetero) is 2. The van der Waals surface area contributed by atoms with Gasteiger partial charge < -0.3 is 0 Å². The van der Waals surface area contributed by atoms with E-state index in [1.807, 2.05) is 0 Å². The van der Waals surface area contributed by atoms with E-state index in [0.29, 0.717) is 0 Å². The summed E-state index contributed by atoms with van der Waals surface area (Å²) in [6.45, 7) is 2.65. The zero-order valence-electron chi connectivity index (χ0n) is 15.4. The van der Waals surface area contributed by atoms with Gasteiger partial charge in [-0.05, 0) is 0 Å². The van der Waals surface area contributed by atoms with E-state index in [9.17, 15) is 57.5 Å². The second kappa shape index (κ2) is 8.15. The smallest absolute Gasteiger partial charge is 0.300 e. The van der Waals surface area contributed by atoms with Gasteiger partial charge in [0.15, 0.2) is 0 Å². The molecule has 16 heteroatoms. The Hall–Kier alpha value is -1.03. The van der Waals surface area contributed by atoms with Gasteiger partial charge in [0.1, 0.15) is 11.6 Å². The summed E-state index contributed by atoms with van der Waals surface area (Å²) in [5, 5.41) is -7.00. The van der Waals surface area contributed by atoms with Gasteiger partial charge in [0.2, 0.25) is 0 Å². The van der Waals surface area contributed by atoms with Crippen LogP contribution < -0.4 is 0 Å². The van der Waals surface area contributed by atoms with E-state index in [4.69, 9.17) is 0 Å². The van der Waals surface area contributed by atoms with Gasteiger partial charge in [-0.2, -0.15) is 47.9 Å². The molecule has 1 saturated heterocycles. The third kappa shape index (κ3) is 4.74. The first-order valence-corrected chi connectivity index (χ1v) is 11.6. The summed E-state index contributed by atoms with van der Waals surface area (Å²) in [6, 6.07) is 0. The van der Waals surface area contributed by atoms with Gasteiger partial charge in [-0.3, -0.25) is 9.59 Å². The molecule has 0 bridgehead atoms. The maximum Gasteiger partial charge on any atom is 0.460 e. The van der Waals surface area contributed by atoms with Gasteiger partial charge >= 0.3 is 33.4 Å². The molecular formula is C14H17F9O5S2. The molecule has 0 aromatic carbocycles. The summed E-state index contributed by atoms with van der Waals surface area (Å²) in [6.07, 6.45) is -8.15. The fourth-order valence-electron chi connectivity index (χ4n) is 2.24. The van der Waals surface area contributed by atoms with E-state index in [2.05, 4.69) is 3.63 Å². The Balaban J connectivity index is 3.41. The van der Waals surface area contributed by atoms with E-state index in [1.54, 1.807) is 0 Å². The maximum atomic E-state index is 13.9. The summed E-state index contributed by atoms with van der Waals surface area (Å²) in [5.41, 5.74) is 0. The van der Waals surface area contributed by atoms with E-state index in [-0.39, 0.29) is 0 Å². The number of carbonyl (C=O) groups is 2. The summed E-state index contributed by atoms with van der Waals surface area (Å²) in [7, 11) is -10.7. The van der Waals surface area contributed by atoms with Crippen LogP contribution in [0.4, 0.5) is 39.5 Å². The monoisotopic (exact) mass is 500 g/mol. The first-order valence-electron chi connectivity index (χ1n) is 8.10. The summed E-state index contributed by atoms with van der Waals surface area (Å²) in [4.78, 5) is 23.3. The Morgan fingerprint density at radius 2 is 1.40 bits per heavy atom. The Morgan fingerprint density at radius 3 is 1.77 bits per heavy atom. The van der Waals surface area contributed by atoms with Crippen LogP contribution in [0.1, 0.15) is 26.7 Å². The maximum absolute atomic E-state index is 13.9. The van der Waals surface area contributed by atoms with E-state index >= 15 is 0 Å². The van der Waals surface area contributed by atoms with Crippen molar-refractivity contribution in [3.8, 4) is 0 Å². The lowest BCUT2D eigenvalue weighted by Gasteiger charge is -2.42. The highest BCUT2D eigenvalue weighted by Crippen LogP contribution is 2.60. The van der Waals surface area contributed by atoms with Crippen molar-refractivity contribution in [3.63, 3.8) is 0 Å². The largest absolute Gasteiger partial charge is 0.460 e. The number of hydrogen-bond donors (Lipinski definition) is 0. The normalized spacial score (nSPS) is 20.3. The molecule has 1 aliphatic rings. The molecule has 1 aliphatic heterocycles. The lowest BCUT2D eigenvalue weighted by atomic mass is 10.1. The second-order valence-corrected chi connectivity index (χ2v) is 11.9. The topological polar surface area (TPSA) is 77.5 Å². The number of hydrogen-bond acceptors (Lipinski definition) is 5. The van der Waals surface area contributed by atoms with Crippen LogP contribution >= 0.6 is 10.3 Å². The van der Waals surface area contributed by atoms with Crippen LogP contribution in [-0.2, 0) is 23.3 Å². The zero-order chi connectivity index (χ0) is 24.0. The highest BCUT2D eigenvalue weighted by molar-refractivity contribution is 8.33. The molecule has 0 spiro atoms. The quantitative estimate of drug-likeness (QED) is 0.470. The summed E-state index contributed by atoms with van der Waals surface area (Å²) in [5.74, 6) is -19.0. The molecule has 0 N–H and O–H groups in total. The van der Waals surface area contributed by atoms with Crippen LogP contribution in [-0.4, -0.2) is 60.5 Å². The fraction of sp³-hybridized carbons (Fsp3) is 0.857. The summed E-state index contributed by atoms with van der Waals surface area (Å²) >= 11 is 0. The number of ketones is 2. The van der Waals surface area contributed by atoms with Crippen molar-refractivity contribution in [2.45, 2.75) is 50.0 Å². The Labute approximate surface area is 167 Å². The van der Waals surface area contributed by atoms with Crippen molar-refractivity contribution < 1.29 is 61.1 Å². The molecule has 0 atom stereocenters. The third-order valence-corrected chi connectivity index (χ3v) is 9.68. The van der Waals surface area contributed by atoms with E-state index in [0.717, 1.165) is 0 Å². The van der Waals surface area contributed by atoms with Crippen LogP contribution in [0, 0.1) is 5.92 Å². The lowest BCUT2D eigenvalue weighted by molar-refractivity contribution is -0.382. The first-order chi connectivity index (χ1) is 13.1. The Morgan fingerprint density at radius 1 is 0.967 bits per heavy atom. The standard InChI is InChI=1S/C14H17F9O5S2/c1-8(2)10(25)7-29(5-3-9(24)4-6-29)28-30(26,27)14(22,23)12(17,18)11(15,16)13(19,20)21/h8H,3-7H2,1-2H3. The molecular weight excluding hydrogens is 483 g/mol. The van der Waals surface area contributed by atoms with Crippen molar-refractivity contribution in [2.24, 2.45) is 5.92 Å². The number of alkyl halides is 9. The number of rotatable bonds is 8. The highest BCUT2D eigenvalue weighted by atomic mass is 32.3. The summed E-state index contributed by atoms with van der Waals surface area (Å²) < 4.78 is 145. The molecule has 0 amide bonds. The van der Waals surface area contributed by atoms with Crippen LogP contribution in [0.5, 0.6) is 0 Å². The van der Waals surface area contributed by atoms with Crippen molar-refractivity contribution in [3.05, 3.63) is 0 Å². The van der Waals surface area contributed by atoms with Crippen LogP contribution in [0.2, 0.25) is 0 Å². The average Bonchev–Trinajstić information content (AvgIpc) is 2.55. The Bertz CT molecular complexity index is 780. The van der Waals surface area contributed by atoms with Crippen LogP contribution in [0.25, 0.3) is 0 Å². The SMILES string of the molecule is CC(C)C(=O)CS1(OS(=O)(=O)C(F)(F)C(F)(F)C(F)(F)C(F)(F)F)CCC(=O)CC1. The van der Waals surface area contributed by atoms with Gasteiger partial charge in [0.25, 0.3) is 0 Å². The van der Waals surface area contributed by atoms with Crippen molar-refractivity contribution >= 4 is 32.0 Å². The molecule has 0 aromatic rings. The van der Waals surface area contributed by atoms with Gasteiger partial charge in [0.05, 0.1) is 5.75 Å². The molecule has 0 saturated carbocycles. The molecule has 0 aromatic heterocycles. The van der Waals surface area contributed by atoms with Gasteiger partial charge in [0, 0.05) is 30.3 Å². The fourth-order valence-corrected chi connectivity index (χ4v) is 7.82. The van der Waals surface area contributed by atoms with Crippen molar-refractivity contribution in [2.75, 3.05) is 17.3 Å². The molecule has 1 rings (SSSR count). The van der Waals surface area contributed by atoms with Gasteiger partial charge in [-0.1, -0.05) is 13.8 Å². The van der Waals surface area contributed by atoms with Crippen LogP contribution in [0.3, 0.4) is 0 Å². The van der Waals surface area contributed by atoms with Crippen molar-refractivity contribution in [1.82, 2.24) is 0 Å². The molecule has 30 heavy (non-hydrogen) atoms. The van der Waals surface area contributed by atoms with E-state index in [1.165, 1.54) is 13.8 Å². The molecule has 5 nitrogen and oxygen atoms in total. The van der Waals surface area contributed by atoms with Gasteiger partial charge in [-0.25, -0.2) is 3.63 Å². The predicted molar refractivity (Wildman–Crippen MR) is 87.2 cm³/mol. The second-order valence-electron chi connectivity index (χ2n) is 6.86. The minimum atomic E-state index is -7.43. The molecule has 1 fully saturated rings. The van der Waals surface area contributed by atoms with E-state index < -0.39 is 91.3 Å². The molecule has 1 heterocycles. The molecule has 178 valence electrons. The minimum absolute atomic E-state index is 0.475. The highest BCUT2D eigenvalue weighted by Gasteiger charge is 2.86. The molecule has 0 unspecified atom stereocenters.